The van der Waals surface area contributed by atoms with Gasteiger partial charge in [0.05, 0.1) is 6.61 Å². The highest BCUT2D eigenvalue weighted by molar-refractivity contribution is 5.51. The molecule has 0 aliphatic carbocycles. The van der Waals surface area contributed by atoms with E-state index in [9.17, 15) is 0 Å². The molecule has 1 aromatic heterocycles. The summed E-state index contributed by atoms with van der Waals surface area (Å²) in [5.74, 6) is 2.64. The van der Waals surface area contributed by atoms with Crippen LogP contribution in [0.1, 0.15) is 17.0 Å². The van der Waals surface area contributed by atoms with Crippen molar-refractivity contribution in [2.45, 2.75) is 19.9 Å². The molecule has 0 radical (unpaired) electrons. The first-order valence-corrected chi connectivity index (χ1v) is 7.66. The molecule has 0 atom stereocenters. The number of anilines is 2. The maximum absolute atomic E-state index is 5.06. The van der Waals surface area contributed by atoms with Gasteiger partial charge in [-0.15, -0.1) is 0 Å². The van der Waals surface area contributed by atoms with Gasteiger partial charge in [-0.2, -0.15) is 0 Å². The quantitative estimate of drug-likeness (QED) is 0.859. The van der Waals surface area contributed by atoms with Crippen LogP contribution in [0.3, 0.4) is 0 Å². The lowest BCUT2D eigenvalue weighted by Gasteiger charge is -2.30. The van der Waals surface area contributed by atoms with Crippen LogP contribution in [-0.4, -0.2) is 36.8 Å². The Bertz CT molecular complexity index is 644. The number of hydrogen-bond acceptors (Lipinski definition) is 5. The van der Waals surface area contributed by atoms with Gasteiger partial charge in [0.25, 0.3) is 0 Å². The molecule has 0 saturated heterocycles. The molecule has 0 unspecified atom stereocenters. The number of rotatable bonds is 5. The van der Waals surface area contributed by atoms with Crippen LogP contribution in [0, 0.1) is 6.92 Å². The summed E-state index contributed by atoms with van der Waals surface area (Å²) in [6.45, 7) is 5.24. The Morgan fingerprint density at radius 3 is 2.86 bits per heavy atom. The molecule has 1 aliphatic heterocycles. The maximum atomic E-state index is 5.06. The normalized spacial score (nSPS) is 13.8. The van der Waals surface area contributed by atoms with E-state index in [1.165, 1.54) is 11.1 Å². The van der Waals surface area contributed by atoms with Crippen LogP contribution in [0.25, 0.3) is 0 Å². The molecule has 0 fully saturated rings. The van der Waals surface area contributed by atoms with E-state index in [4.69, 9.17) is 4.74 Å². The predicted octanol–water partition coefficient (Wildman–Crippen LogP) is 2.41. The van der Waals surface area contributed by atoms with Crippen molar-refractivity contribution in [3.63, 3.8) is 0 Å². The second kappa shape index (κ2) is 6.75. The van der Waals surface area contributed by atoms with Crippen LogP contribution in [-0.2, 0) is 17.7 Å². The Labute approximate surface area is 131 Å². The maximum Gasteiger partial charge on any atom is 0.134 e. The minimum Gasteiger partial charge on any atom is -0.383 e. The molecule has 1 aliphatic rings. The van der Waals surface area contributed by atoms with Gasteiger partial charge in [-0.25, -0.2) is 9.97 Å². The summed E-state index contributed by atoms with van der Waals surface area (Å²) < 4.78 is 5.06. The zero-order chi connectivity index (χ0) is 15.4. The van der Waals surface area contributed by atoms with Crippen LogP contribution in [0.2, 0.25) is 0 Å². The molecule has 1 aromatic carbocycles. The summed E-state index contributed by atoms with van der Waals surface area (Å²) in [6.07, 6.45) is 1.06. The van der Waals surface area contributed by atoms with E-state index in [-0.39, 0.29) is 0 Å². The molecular weight excluding hydrogens is 276 g/mol. The summed E-state index contributed by atoms with van der Waals surface area (Å²) in [5.41, 5.74) is 2.84. The van der Waals surface area contributed by atoms with E-state index in [0.717, 1.165) is 43.5 Å². The van der Waals surface area contributed by atoms with Crippen LogP contribution in [0.15, 0.2) is 30.3 Å². The molecule has 3 rings (SSSR count). The van der Waals surface area contributed by atoms with Gasteiger partial charge in [-0.3, -0.25) is 0 Å². The van der Waals surface area contributed by atoms with Gasteiger partial charge < -0.3 is 15.0 Å². The van der Waals surface area contributed by atoms with Gasteiger partial charge in [0.1, 0.15) is 17.5 Å². The van der Waals surface area contributed by atoms with E-state index < -0.39 is 0 Å². The van der Waals surface area contributed by atoms with Crippen molar-refractivity contribution in [1.82, 2.24) is 9.97 Å². The number of ether oxygens (including phenoxy) is 1. The Morgan fingerprint density at radius 2 is 2.05 bits per heavy atom. The van der Waals surface area contributed by atoms with Gasteiger partial charge in [0.2, 0.25) is 0 Å². The minimum absolute atomic E-state index is 0.662. The summed E-state index contributed by atoms with van der Waals surface area (Å²) in [5, 5.41) is 3.28. The fourth-order valence-corrected chi connectivity index (χ4v) is 2.78. The monoisotopic (exact) mass is 298 g/mol. The van der Waals surface area contributed by atoms with Crippen molar-refractivity contribution >= 4 is 11.6 Å². The van der Waals surface area contributed by atoms with E-state index >= 15 is 0 Å². The number of nitrogens with one attached hydrogen (secondary N) is 1. The number of aromatic nitrogens is 2. The number of hydrogen-bond donors (Lipinski definition) is 1. The predicted molar refractivity (Wildman–Crippen MR) is 88.3 cm³/mol. The second-order valence-electron chi connectivity index (χ2n) is 5.52. The molecule has 0 saturated carbocycles. The van der Waals surface area contributed by atoms with Crippen LogP contribution >= 0.6 is 0 Å². The van der Waals surface area contributed by atoms with E-state index in [1.807, 2.05) is 13.0 Å². The molecule has 1 N–H and O–H groups in total. The average molecular weight is 298 g/mol. The number of nitrogens with zero attached hydrogens (tertiary/aromatic N) is 3. The topological polar surface area (TPSA) is 50.3 Å². The van der Waals surface area contributed by atoms with Gasteiger partial charge >= 0.3 is 0 Å². The Morgan fingerprint density at radius 1 is 1.23 bits per heavy atom. The molecule has 5 heteroatoms. The second-order valence-corrected chi connectivity index (χ2v) is 5.52. The Balaban J connectivity index is 1.77. The highest BCUT2D eigenvalue weighted by Crippen LogP contribution is 2.24. The van der Waals surface area contributed by atoms with Crippen molar-refractivity contribution in [1.29, 1.82) is 0 Å². The molecule has 0 bridgehead atoms. The Kier molecular flexibility index (Phi) is 4.53. The van der Waals surface area contributed by atoms with E-state index in [1.54, 1.807) is 7.11 Å². The molecule has 116 valence electrons. The third-order valence-corrected chi connectivity index (χ3v) is 3.89. The van der Waals surface area contributed by atoms with Crippen molar-refractivity contribution in [3.05, 3.63) is 47.3 Å². The van der Waals surface area contributed by atoms with Gasteiger partial charge in [-0.05, 0) is 24.5 Å². The standard InChI is InChI=1S/C17H22N4O/c1-13-19-16(18-8-10-22-2)11-17(20-13)21-9-7-14-5-3-4-6-15(14)12-21/h3-6,11H,7-10,12H2,1-2H3,(H,18,19,20). The van der Waals surface area contributed by atoms with Crippen LogP contribution in [0.4, 0.5) is 11.6 Å². The molecule has 5 nitrogen and oxygen atoms in total. The largest absolute Gasteiger partial charge is 0.383 e. The van der Waals surface area contributed by atoms with E-state index in [0.29, 0.717) is 6.61 Å². The zero-order valence-corrected chi connectivity index (χ0v) is 13.2. The van der Waals surface area contributed by atoms with Crippen molar-refractivity contribution < 1.29 is 4.74 Å². The van der Waals surface area contributed by atoms with Gasteiger partial charge in [0.15, 0.2) is 0 Å². The van der Waals surface area contributed by atoms with Crippen LogP contribution < -0.4 is 10.2 Å². The lowest BCUT2D eigenvalue weighted by atomic mass is 10.00. The minimum atomic E-state index is 0.662. The van der Waals surface area contributed by atoms with Crippen LogP contribution in [0.5, 0.6) is 0 Å². The fourth-order valence-electron chi connectivity index (χ4n) is 2.78. The smallest absolute Gasteiger partial charge is 0.134 e. The van der Waals surface area contributed by atoms with Gasteiger partial charge in [-0.1, -0.05) is 24.3 Å². The van der Waals surface area contributed by atoms with Crippen molar-refractivity contribution in [3.8, 4) is 0 Å². The molecule has 2 aromatic rings. The highest BCUT2D eigenvalue weighted by atomic mass is 16.5. The fraction of sp³-hybridized carbons (Fsp3) is 0.412. The average Bonchev–Trinajstić information content (AvgIpc) is 2.54. The number of aryl methyl sites for hydroxylation is 1. The highest BCUT2D eigenvalue weighted by Gasteiger charge is 2.17. The number of benzene rings is 1. The van der Waals surface area contributed by atoms with E-state index in [2.05, 4.69) is 44.5 Å². The zero-order valence-electron chi connectivity index (χ0n) is 13.2. The van der Waals surface area contributed by atoms with Gasteiger partial charge in [0, 0.05) is 32.8 Å². The lowest BCUT2D eigenvalue weighted by molar-refractivity contribution is 0.210. The summed E-state index contributed by atoms with van der Waals surface area (Å²) in [6, 6.07) is 10.7. The summed E-state index contributed by atoms with van der Waals surface area (Å²) in [4.78, 5) is 11.4. The molecule has 22 heavy (non-hydrogen) atoms. The molecular formula is C17H22N4O. The number of methoxy groups -OCH3 is 1. The van der Waals surface area contributed by atoms with Crippen molar-refractivity contribution in [2.75, 3.05) is 37.0 Å². The first-order valence-electron chi connectivity index (χ1n) is 7.66. The summed E-state index contributed by atoms with van der Waals surface area (Å²) in [7, 11) is 1.70. The number of fused-ring (bicyclic) bond motifs is 1. The molecule has 2 heterocycles. The first-order chi connectivity index (χ1) is 10.8. The lowest BCUT2D eigenvalue weighted by Crippen LogP contribution is -2.31. The van der Waals surface area contributed by atoms with Crippen molar-refractivity contribution in [2.24, 2.45) is 0 Å². The SMILES string of the molecule is COCCNc1cc(N2CCc3ccccc3C2)nc(C)n1. The first kappa shape index (κ1) is 14.8. The molecule has 0 amide bonds. The Hall–Kier alpha value is -2.14. The third-order valence-electron chi connectivity index (χ3n) is 3.89. The summed E-state index contributed by atoms with van der Waals surface area (Å²) >= 11 is 0. The molecule has 0 spiro atoms. The third kappa shape index (κ3) is 3.36.